The van der Waals surface area contributed by atoms with Crippen molar-refractivity contribution in [1.82, 2.24) is 10.6 Å². The van der Waals surface area contributed by atoms with Crippen molar-refractivity contribution in [2.24, 2.45) is 10.8 Å². The molecule has 2 aliphatic rings. The molecule has 1 saturated heterocycles. The summed E-state index contributed by atoms with van der Waals surface area (Å²) in [7, 11) is 1.51. The van der Waals surface area contributed by atoms with Gasteiger partial charge in [-0.2, -0.15) is 0 Å². The van der Waals surface area contributed by atoms with Gasteiger partial charge in [0.15, 0.2) is 0 Å². The number of carbonyl (C=O) groups excluding carboxylic acids is 3. The van der Waals surface area contributed by atoms with Gasteiger partial charge in [0.05, 0.1) is 12.0 Å². The predicted octanol–water partition coefficient (Wildman–Crippen LogP) is 3.66. The van der Waals surface area contributed by atoms with Gasteiger partial charge in [0.25, 0.3) is 0 Å². The number of allylic oxidation sites excluding steroid dienone is 2. The van der Waals surface area contributed by atoms with E-state index in [1.54, 1.807) is 6.92 Å². The molecular formula is C25H42N2O5. The Morgan fingerprint density at radius 2 is 1.91 bits per heavy atom. The topological polar surface area (TPSA) is 93.7 Å². The number of hydrogen-bond acceptors (Lipinski definition) is 5. The molecule has 32 heavy (non-hydrogen) atoms. The second-order valence-electron chi connectivity index (χ2n) is 10.5. The lowest BCUT2D eigenvalue weighted by molar-refractivity contribution is -0.150. The summed E-state index contributed by atoms with van der Waals surface area (Å²) in [6.07, 6.45) is 11.4. The molecule has 1 heterocycles. The molecular weight excluding hydrogens is 408 g/mol. The summed E-state index contributed by atoms with van der Waals surface area (Å²) in [5.41, 5.74) is -0.199. The lowest BCUT2D eigenvalue weighted by atomic mass is 9.72. The van der Waals surface area contributed by atoms with Crippen LogP contribution in [0.25, 0.3) is 0 Å². The van der Waals surface area contributed by atoms with Crippen molar-refractivity contribution in [3.63, 3.8) is 0 Å². The smallest absolute Gasteiger partial charge is 0.312 e. The van der Waals surface area contributed by atoms with Crippen LogP contribution in [0.3, 0.4) is 0 Å². The monoisotopic (exact) mass is 450 g/mol. The first-order chi connectivity index (χ1) is 15.1. The van der Waals surface area contributed by atoms with Crippen LogP contribution >= 0.6 is 0 Å². The number of esters is 1. The van der Waals surface area contributed by atoms with E-state index >= 15 is 0 Å². The molecule has 1 unspecified atom stereocenters. The number of rotatable bonds is 10. The standard InChI is InChI=1S/C25H42N2O5/c1-18(27-22(29)20(31-5)12-8-6-9-13-24(2,3)4)21(28)26-17-19-16-25(23(30)32-19)14-10-7-11-15-25/h9,13,18-20H,6-8,10-12,14-17H2,1-5H3,(H,26,28)(H,27,29)/b13-9+/t18-,19?,20+/m0/s1. The fourth-order valence-corrected chi connectivity index (χ4v) is 4.54. The molecule has 1 saturated carbocycles. The van der Waals surface area contributed by atoms with Crippen LogP contribution in [0.15, 0.2) is 12.2 Å². The molecule has 0 radical (unpaired) electrons. The highest BCUT2D eigenvalue weighted by atomic mass is 16.6. The first-order valence-corrected chi connectivity index (χ1v) is 12.1. The quantitative estimate of drug-likeness (QED) is 0.301. The minimum atomic E-state index is -0.693. The Labute approximate surface area is 193 Å². The van der Waals surface area contributed by atoms with Crippen molar-refractivity contribution in [2.75, 3.05) is 13.7 Å². The van der Waals surface area contributed by atoms with Crippen molar-refractivity contribution < 1.29 is 23.9 Å². The van der Waals surface area contributed by atoms with Gasteiger partial charge in [0.1, 0.15) is 18.2 Å². The molecule has 0 aromatic carbocycles. The van der Waals surface area contributed by atoms with Crippen LogP contribution in [0, 0.1) is 10.8 Å². The zero-order valence-corrected chi connectivity index (χ0v) is 20.5. The zero-order valence-electron chi connectivity index (χ0n) is 20.5. The van der Waals surface area contributed by atoms with E-state index in [-0.39, 0.29) is 41.3 Å². The number of hydrogen-bond donors (Lipinski definition) is 2. The summed E-state index contributed by atoms with van der Waals surface area (Å²) in [5, 5.41) is 5.56. The van der Waals surface area contributed by atoms with Gasteiger partial charge in [-0.3, -0.25) is 14.4 Å². The molecule has 1 spiro atoms. The molecule has 2 N–H and O–H groups in total. The van der Waals surface area contributed by atoms with Gasteiger partial charge < -0.3 is 20.1 Å². The lowest BCUT2D eigenvalue weighted by Crippen LogP contribution is -2.49. The number of nitrogens with one attached hydrogen (secondary N) is 2. The number of unbranched alkanes of at least 4 members (excludes halogenated alkanes) is 1. The maximum atomic E-state index is 12.5. The lowest BCUT2D eigenvalue weighted by Gasteiger charge is -2.28. The molecule has 0 aromatic heterocycles. The number of amides is 2. The summed E-state index contributed by atoms with van der Waals surface area (Å²) in [4.78, 5) is 37.3. The SMILES string of the molecule is CO[C@H](CCC/C=C/C(C)(C)C)C(=O)N[C@@H](C)C(=O)NCC1CC2(CCCCC2)C(=O)O1. The van der Waals surface area contributed by atoms with E-state index in [1.807, 2.05) is 0 Å². The molecule has 2 amide bonds. The minimum absolute atomic E-state index is 0.113. The highest BCUT2D eigenvalue weighted by Gasteiger charge is 2.49. The summed E-state index contributed by atoms with van der Waals surface area (Å²) in [6.45, 7) is 8.36. The van der Waals surface area contributed by atoms with Crippen LogP contribution < -0.4 is 10.6 Å². The minimum Gasteiger partial charge on any atom is -0.460 e. The summed E-state index contributed by atoms with van der Waals surface area (Å²) >= 11 is 0. The molecule has 1 aliphatic heterocycles. The van der Waals surface area contributed by atoms with Crippen molar-refractivity contribution in [3.8, 4) is 0 Å². The molecule has 2 rings (SSSR count). The van der Waals surface area contributed by atoms with Gasteiger partial charge in [0, 0.05) is 13.5 Å². The molecule has 7 heteroatoms. The van der Waals surface area contributed by atoms with E-state index in [1.165, 1.54) is 13.5 Å². The highest BCUT2D eigenvalue weighted by Crippen LogP contribution is 2.45. The maximum absolute atomic E-state index is 12.5. The summed E-state index contributed by atoms with van der Waals surface area (Å²) in [5.74, 6) is -0.691. The van der Waals surface area contributed by atoms with E-state index in [2.05, 4.69) is 43.6 Å². The number of methoxy groups -OCH3 is 1. The van der Waals surface area contributed by atoms with Crippen molar-refractivity contribution in [2.45, 2.75) is 104 Å². The molecule has 0 aromatic rings. The number of cyclic esters (lactones) is 1. The van der Waals surface area contributed by atoms with Crippen LogP contribution in [0.4, 0.5) is 0 Å². The molecule has 1 aliphatic carbocycles. The van der Waals surface area contributed by atoms with Gasteiger partial charge in [-0.25, -0.2) is 0 Å². The van der Waals surface area contributed by atoms with E-state index in [4.69, 9.17) is 9.47 Å². The summed E-state index contributed by atoms with van der Waals surface area (Å²) in [6, 6.07) is -0.693. The number of carbonyl (C=O) groups is 3. The Hall–Kier alpha value is -1.89. The molecule has 182 valence electrons. The van der Waals surface area contributed by atoms with Crippen molar-refractivity contribution in [3.05, 3.63) is 12.2 Å². The average molecular weight is 451 g/mol. The van der Waals surface area contributed by atoms with E-state index in [9.17, 15) is 14.4 Å². The van der Waals surface area contributed by atoms with E-state index in [0.717, 1.165) is 38.5 Å². The van der Waals surface area contributed by atoms with Crippen molar-refractivity contribution >= 4 is 17.8 Å². The Morgan fingerprint density at radius 1 is 1.22 bits per heavy atom. The third kappa shape index (κ3) is 7.91. The van der Waals surface area contributed by atoms with Gasteiger partial charge in [-0.05, 0) is 44.4 Å². The summed E-state index contributed by atoms with van der Waals surface area (Å²) < 4.78 is 10.9. The van der Waals surface area contributed by atoms with E-state index in [0.29, 0.717) is 12.8 Å². The van der Waals surface area contributed by atoms with Crippen LogP contribution in [-0.4, -0.2) is 49.7 Å². The Balaban J connectivity index is 1.72. The van der Waals surface area contributed by atoms with Gasteiger partial charge in [-0.15, -0.1) is 0 Å². The molecule has 7 nitrogen and oxygen atoms in total. The Morgan fingerprint density at radius 3 is 2.53 bits per heavy atom. The third-order valence-electron chi connectivity index (χ3n) is 6.42. The predicted molar refractivity (Wildman–Crippen MR) is 124 cm³/mol. The van der Waals surface area contributed by atoms with E-state index < -0.39 is 12.1 Å². The second kappa shape index (κ2) is 11.8. The third-order valence-corrected chi connectivity index (χ3v) is 6.42. The van der Waals surface area contributed by atoms with Gasteiger partial charge in [0.2, 0.25) is 11.8 Å². The fourth-order valence-electron chi connectivity index (χ4n) is 4.54. The van der Waals surface area contributed by atoms with Crippen LogP contribution in [-0.2, 0) is 23.9 Å². The normalized spacial score (nSPS) is 22.5. The van der Waals surface area contributed by atoms with Gasteiger partial charge in [-0.1, -0.05) is 52.2 Å². The maximum Gasteiger partial charge on any atom is 0.312 e. The zero-order chi connectivity index (χ0) is 23.8. The molecule has 3 atom stereocenters. The van der Waals surface area contributed by atoms with Crippen LogP contribution in [0.2, 0.25) is 0 Å². The molecule has 2 fully saturated rings. The highest BCUT2D eigenvalue weighted by molar-refractivity contribution is 5.89. The first-order valence-electron chi connectivity index (χ1n) is 12.1. The van der Waals surface area contributed by atoms with Gasteiger partial charge >= 0.3 is 5.97 Å². The van der Waals surface area contributed by atoms with Crippen molar-refractivity contribution in [1.29, 1.82) is 0 Å². The molecule has 0 bridgehead atoms. The van der Waals surface area contributed by atoms with Crippen LogP contribution in [0.5, 0.6) is 0 Å². The average Bonchev–Trinajstić information content (AvgIpc) is 3.02. The Bertz CT molecular complexity index is 676. The Kier molecular flexibility index (Phi) is 9.74. The largest absolute Gasteiger partial charge is 0.460 e. The second-order valence-corrected chi connectivity index (χ2v) is 10.5. The fraction of sp³-hybridized carbons (Fsp3) is 0.800. The van der Waals surface area contributed by atoms with Crippen LogP contribution in [0.1, 0.15) is 85.5 Å². The number of ether oxygens (including phenoxy) is 2. The first kappa shape index (κ1) is 26.4.